The van der Waals surface area contributed by atoms with E-state index in [0.29, 0.717) is 5.92 Å². The first-order valence-electron chi connectivity index (χ1n) is 6.86. The van der Waals surface area contributed by atoms with E-state index in [-0.39, 0.29) is 18.7 Å². The lowest BCUT2D eigenvalue weighted by Gasteiger charge is -2.38. The van der Waals surface area contributed by atoms with Gasteiger partial charge in [-0.1, -0.05) is 13.3 Å². The highest BCUT2D eigenvalue weighted by Crippen LogP contribution is 2.35. The van der Waals surface area contributed by atoms with Crippen molar-refractivity contribution in [1.29, 1.82) is 0 Å². The zero-order chi connectivity index (χ0) is 11.5. The number of nitrogens with zero attached hydrogens (tertiary/aromatic N) is 1. The molecule has 0 radical (unpaired) electrons. The number of aliphatic hydroxyl groups is 1. The van der Waals surface area contributed by atoms with E-state index in [4.69, 9.17) is 5.73 Å². The molecule has 0 bridgehead atoms. The fourth-order valence-electron chi connectivity index (χ4n) is 2.78. The van der Waals surface area contributed by atoms with E-state index in [9.17, 15) is 5.11 Å². The zero-order valence-electron chi connectivity index (χ0n) is 10.4. The maximum Gasteiger partial charge on any atom is 0.0602 e. The van der Waals surface area contributed by atoms with Crippen molar-refractivity contribution in [2.45, 2.75) is 51.1 Å². The van der Waals surface area contributed by atoms with Crippen LogP contribution in [0.1, 0.15) is 39.0 Å². The fraction of sp³-hybridized carbons (Fsp3) is 1.00. The second-order valence-corrected chi connectivity index (χ2v) is 5.55. The number of rotatable bonds is 7. The van der Waals surface area contributed by atoms with Crippen LogP contribution in [0.3, 0.4) is 0 Å². The van der Waals surface area contributed by atoms with Gasteiger partial charge in [0.15, 0.2) is 0 Å². The highest BCUT2D eigenvalue weighted by Gasteiger charge is 2.36. The van der Waals surface area contributed by atoms with Crippen LogP contribution in [0.25, 0.3) is 0 Å². The van der Waals surface area contributed by atoms with Crippen LogP contribution in [0.4, 0.5) is 0 Å². The molecule has 0 aromatic carbocycles. The molecular formula is C13H26N2O. The van der Waals surface area contributed by atoms with Gasteiger partial charge in [-0.3, -0.25) is 4.90 Å². The van der Waals surface area contributed by atoms with Crippen molar-refractivity contribution in [3.8, 4) is 0 Å². The molecule has 0 aromatic heterocycles. The molecule has 2 saturated carbocycles. The first-order valence-corrected chi connectivity index (χ1v) is 6.86. The Morgan fingerprint density at radius 1 is 1.31 bits per heavy atom. The maximum absolute atomic E-state index is 9.56. The molecule has 16 heavy (non-hydrogen) atoms. The van der Waals surface area contributed by atoms with E-state index in [1.54, 1.807) is 0 Å². The summed E-state index contributed by atoms with van der Waals surface area (Å²) in [6.45, 7) is 4.56. The Morgan fingerprint density at radius 3 is 2.38 bits per heavy atom. The first-order chi connectivity index (χ1) is 7.76. The van der Waals surface area contributed by atoms with E-state index >= 15 is 0 Å². The smallest absolute Gasteiger partial charge is 0.0602 e. The topological polar surface area (TPSA) is 49.5 Å². The summed E-state index contributed by atoms with van der Waals surface area (Å²) in [6, 6.07) is 0.378. The standard InChI is InChI=1S/C13H26N2O/c1-2-15(8-10-4-3-5-10)12(9-16)13(14)11-6-7-11/h10-13,16H,2-9,14H2,1H3. The van der Waals surface area contributed by atoms with Gasteiger partial charge in [0.1, 0.15) is 0 Å². The van der Waals surface area contributed by atoms with Crippen LogP contribution >= 0.6 is 0 Å². The summed E-state index contributed by atoms with van der Waals surface area (Å²) in [5.41, 5.74) is 6.24. The fourth-order valence-corrected chi connectivity index (χ4v) is 2.78. The summed E-state index contributed by atoms with van der Waals surface area (Å²) in [6.07, 6.45) is 6.65. The van der Waals surface area contributed by atoms with Gasteiger partial charge in [-0.05, 0) is 44.1 Å². The van der Waals surface area contributed by atoms with E-state index in [1.165, 1.54) is 32.1 Å². The summed E-state index contributed by atoms with van der Waals surface area (Å²) in [4.78, 5) is 2.41. The predicted octanol–water partition coefficient (Wildman–Crippen LogP) is 1.21. The molecule has 2 rings (SSSR count). The highest BCUT2D eigenvalue weighted by molar-refractivity contribution is 4.93. The van der Waals surface area contributed by atoms with Crippen LogP contribution in [0.5, 0.6) is 0 Å². The Morgan fingerprint density at radius 2 is 2.00 bits per heavy atom. The molecule has 0 saturated heterocycles. The number of hydrogen-bond donors (Lipinski definition) is 2. The average molecular weight is 226 g/mol. The summed E-state index contributed by atoms with van der Waals surface area (Å²) in [5, 5.41) is 9.56. The number of nitrogens with two attached hydrogens (primary N) is 1. The van der Waals surface area contributed by atoms with Crippen molar-refractivity contribution in [2.75, 3.05) is 19.7 Å². The number of likely N-dealkylation sites (N-methyl/N-ethyl adjacent to an activating group) is 1. The SMILES string of the molecule is CCN(CC1CCC1)C(CO)C(N)C1CC1. The van der Waals surface area contributed by atoms with Crippen LogP contribution in [-0.2, 0) is 0 Å². The lowest BCUT2D eigenvalue weighted by molar-refractivity contribution is 0.0738. The largest absolute Gasteiger partial charge is 0.395 e. The molecule has 0 aromatic rings. The quantitative estimate of drug-likeness (QED) is 0.686. The van der Waals surface area contributed by atoms with Gasteiger partial charge in [-0.2, -0.15) is 0 Å². The van der Waals surface area contributed by atoms with E-state index in [2.05, 4.69) is 11.8 Å². The van der Waals surface area contributed by atoms with Gasteiger partial charge >= 0.3 is 0 Å². The molecule has 3 nitrogen and oxygen atoms in total. The van der Waals surface area contributed by atoms with Crippen molar-refractivity contribution in [1.82, 2.24) is 4.90 Å². The Hall–Kier alpha value is -0.120. The van der Waals surface area contributed by atoms with E-state index in [0.717, 1.165) is 19.0 Å². The van der Waals surface area contributed by atoms with Crippen LogP contribution in [0, 0.1) is 11.8 Å². The molecular weight excluding hydrogens is 200 g/mol. The van der Waals surface area contributed by atoms with Gasteiger partial charge in [0.25, 0.3) is 0 Å². The Kier molecular flexibility index (Phi) is 4.22. The summed E-state index contributed by atoms with van der Waals surface area (Å²) >= 11 is 0. The Bertz CT molecular complexity index is 214. The molecule has 94 valence electrons. The molecule has 3 N–H and O–H groups in total. The third kappa shape index (κ3) is 2.76. The van der Waals surface area contributed by atoms with Crippen LogP contribution in [0.2, 0.25) is 0 Å². The minimum absolute atomic E-state index is 0.185. The molecule has 0 amide bonds. The number of hydrogen-bond acceptors (Lipinski definition) is 3. The molecule has 0 heterocycles. The molecule has 2 aliphatic rings. The molecule has 2 aliphatic carbocycles. The second kappa shape index (κ2) is 5.48. The van der Waals surface area contributed by atoms with Crippen molar-refractivity contribution >= 4 is 0 Å². The zero-order valence-corrected chi connectivity index (χ0v) is 10.4. The van der Waals surface area contributed by atoms with Crippen LogP contribution in [-0.4, -0.2) is 41.8 Å². The molecule has 2 unspecified atom stereocenters. The molecule has 2 fully saturated rings. The lowest BCUT2D eigenvalue weighted by atomic mass is 9.84. The van der Waals surface area contributed by atoms with Gasteiger partial charge < -0.3 is 10.8 Å². The normalized spacial score (nSPS) is 25.5. The molecule has 0 aliphatic heterocycles. The Labute approximate surface area is 99.0 Å². The van der Waals surface area contributed by atoms with E-state index in [1.807, 2.05) is 0 Å². The average Bonchev–Trinajstić information content (AvgIpc) is 3.04. The third-order valence-electron chi connectivity index (χ3n) is 4.39. The minimum Gasteiger partial charge on any atom is -0.395 e. The van der Waals surface area contributed by atoms with Gasteiger partial charge in [-0.25, -0.2) is 0 Å². The predicted molar refractivity (Wildman–Crippen MR) is 66.2 cm³/mol. The second-order valence-electron chi connectivity index (χ2n) is 5.55. The summed E-state index contributed by atoms with van der Waals surface area (Å²) < 4.78 is 0. The van der Waals surface area contributed by atoms with Gasteiger partial charge in [-0.15, -0.1) is 0 Å². The van der Waals surface area contributed by atoms with Crippen molar-refractivity contribution < 1.29 is 5.11 Å². The van der Waals surface area contributed by atoms with Crippen LogP contribution < -0.4 is 5.73 Å². The van der Waals surface area contributed by atoms with Gasteiger partial charge in [0.2, 0.25) is 0 Å². The minimum atomic E-state index is 0.185. The lowest BCUT2D eigenvalue weighted by Crippen LogP contribution is -2.52. The van der Waals surface area contributed by atoms with E-state index < -0.39 is 0 Å². The maximum atomic E-state index is 9.56. The molecule has 0 spiro atoms. The summed E-state index contributed by atoms with van der Waals surface area (Å²) in [5.74, 6) is 1.54. The van der Waals surface area contributed by atoms with Crippen molar-refractivity contribution in [3.63, 3.8) is 0 Å². The third-order valence-corrected chi connectivity index (χ3v) is 4.39. The molecule has 2 atom stereocenters. The summed E-state index contributed by atoms with van der Waals surface area (Å²) in [7, 11) is 0. The molecule has 3 heteroatoms. The van der Waals surface area contributed by atoms with Gasteiger partial charge in [0.05, 0.1) is 6.61 Å². The monoisotopic (exact) mass is 226 g/mol. The van der Waals surface area contributed by atoms with Crippen molar-refractivity contribution in [3.05, 3.63) is 0 Å². The number of aliphatic hydroxyl groups excluding tert-OH is 1. The Balaban J connectivity index is 1.87. The van der Waals surface area contributed by atoms with Crippen LogP contribution in [0.15, 0.2) is 0 Å². The van der Waals surface area contributed by atoms with Crippen molar-refractivity contribution in [2.24, 2.45) is 17.6 Å². The highest BCUT2D eigenvalue weighted by atomic mass is 16.3. The first kappa shape index (κ1) is 12.3. The van der Waals surface area contributed by atoms with Gasteiger partial charge in [0, 0.05) is 18.6 Å².